The maximum absolute atomic E-state index is 12.4. The van der Waals surface area contributed by atoms with Crippen molar-refractivity contribution >= 4 is 23.1 Å². The fourth-order valence-corrected chi connectivity index (χ4v) is 3.12. The zero-order valence-corrected chi connectivity index (χ0v) is 19.3. The fraction of sp³-hybridized carbons (Fsp3) is 0.391. The van der Waals surface area contributed by atoms with Crippen LogP contribution in [0.4, 0.5) is 4.79 Å². The van der Waals surface area contributed by atoms with Crippen LogP contribution in [0, 0.1) is 0 Å². The van der Waals surface area contributed by atoms with Gasteiger partial charge in [-0.2, -0.15) is 0 Å². The Balaban J connectivity index is 1.60. The number of nitrogens with zero attached hydrogens (tertiary/aromatic N) is 3. The smallest absolute Gasteiger partial charge is 0.408 e. The molecule has 0 aliphatic heterocycles. The standard InChI is InChI=1S/C23H28N4O6/c1-22(2,3)33-21(29)24-23(4,20(28)30-5)14-16-10-12-17(13-11-16)31-15-32-27-19-9-7-6-8-18(19)25-26-27/h6-13H,14-15H2,1-5H3,(H,24,29)/t23-/m0/s1. The van der Waals surface area contributed by atoms with Crippen molar-refractivity contribution in [1.82, 2.24) is 20.5 Å². The molecule has 1 atom stereocenters. The van der Waals surface area contributed by atoms with E-state index >= 15 is 0 Å². The third-order valence-electron chi connectivity index (χ3n) is 4.62. The molecule has 3 aromatic rings. The number of alkyl carbamates (subject to hydrolysis) is 1. The molecule has 0 fully saturated rings. The van der Waals surface area contributed by atoms with Crippen LogP contribution in [0.5, 0.6) is 5.75 Å². The Morgan fingerprint density at radius 2 is 1.73 bits per heavy atom. The molecular weight excluding hydrogens is 428 g/mol. The molecule has 176 valence electrons. The highest BCUT2D eigenvalue weighted by atomic mass is 16.8. The molecule has 1 heterocycles. The molecule has 10 heteroatoms. The number of esters is 1. The number of fused-ring (bicyclic) bond motifs is 1. The molecule has 0 aliphatic carbocycles. The van der Waals surface area contributed by atoms with Gasteiger partial charge < -0.3 is 24.4 Å². The molecule has 1 aromatic heterocycles. The lowest BCUT2D eigenvalue weighted by atomic mass is 9.93. The zero-order chi connectivity index (χ0) is 24.1. The van der Waals surface area contributed by atoms with Crippen molar-refractivity contribution in [2.24, 2.45) is 0 Å². The SMILES string of the molecule is COC(=O)[C@](C)(Cc1ccc(OCOn2nnc3ccccc32)cc1)NC(=O)OC(C)(C)C. The second-order valence-corrected chi connectivity index (χ2v) is 8.61. The van der Waals surface area contributed by atoms with E-state index < -0.39 is 23.2 Å². The van der Waals surface area contributed by atoms with Crippen LogP contribution in [-0.4, -0.2) is 52.3 Å². The number of hydrogen-bond acceptors (Lipinski definition) is 8. The van der Waals surface area contributed by atoms with Crippen LogP contribution < -0.4 is 14.9 Å². The minimum Gasteiger partial charge on any atom is -0.467 e. The molecule has 0 spiro atoms. The Bertz CT molecular complexity index is 1110. The predicted octanol–water partition coefficient (Wildman–Crippen LogP) is 2.90. The van der Waals surface area contributed by atoms with E-state index in [-0.39, 0.29) is 13.2 Å². The van der Waals surface area contributed by atoms with E-state index in [1.54, 1.807) is 52.0 Å². The predicted molar refractivity (Wildman–Crippen MR) is 120 cm³/mol. The molecule has 0 bridgehead atoms. The van der Waals surface area contributed by atoms with Crippen molar-refractivity contribution in [3.8, 4) is 5.75 Å². The number of aromatic nitrogens is 3. The van der Waals surface area contributed by atoms with E-state index in [1.165, 1.54) is 12.0 Å². The largest absolute Gasteiger partial charge is 0.467 e. The van der Waals surface area contributed by atoms with Crippen molar-refractivity contribution in [3.63, 3.8) is 0 Å². The number of para-hydroxylation sites is 1. The van der Waals surface area contributed by atoms with Crippen LogP contribution in [0.25, 0.3) is 11.0 Å². The van der Waals surface area contributed by atoms with Crippen molar-refractivity contribution in [1.29, 1.82) is 0 Å². The summed E-state index contributed by atoms with van der Waals surface area (Å²) < 4.78 is 15.8. The molecule has 0 aliphatic rings. The molecular formula is C23H28N4O6. The number of amides is 1. The van der Waals surface area contributed by atoms with Crippen LogP contribution in [0.15, 0.2) is 48.5 Å². The van der Waals surface area contributed by atoms with Gasteiger partial charge in [-0.05, 0) is 62.7 Å². The number of rotatable bonds is 8. The number of nitrogens with one attached hydrogen (secondary N) is 1. The number of ether oxygens (including phenoxy) is 3. The highest BCUT2D eigenvalue weighted by Crippen LogP contribution is 2.20. The van der Waals surface area contributed by atoms with Gasteiger partial charge in [0.15, 0.2) is 0 Å². The van der Waals surface area contributed by atoms with Gasteiger partial charge in [0.25, 0.3) is 6.79 Å². The van der Waals surface area contributed by atoms with E-state index in [0.29, 0.717) is 5.75 Å². The number of methoxy groups -OCH3 is 1. The molecule has 0 radical (unpaired) electrons. The molecule has 0 saturated carbocycles. The van der Waals surface area contributed by atoms with E-state index in [1.807, 2.05) is 24.3 Å². The zero-order valence-electron chi connectivity index (χ0n) is 19.3. The van der Waals surface area contributed by atoms with Crippen molar-refractivity contribution < 1.29 is 28.6 Å². The Labute approximate surface area is 191 Å². The lowest BCUT2D eigenvalue weighted by molar-refractivity contribution is -0.147. The van der Waals surface area contributed by atoms with Crippen LogP contribution in [0.3, 0.4) is 0 Å². The first-order valence-electron chi connectivity index (χ1n) is 10.3. The third kappa shape index (κ3) is 6.34. The monoisotopic (exact) mass is 456 g/mol. The van der Waals surface area contributed by atoms with Gasteiger partial charge in [0.1, 0.15) is 27.9 Å². The first kappa shape index (κ1) is 23.8. The summed E-state index contributed by atoms with van der Waals surface area (Å²) in [5.41, 5.74) is 0.234. The number of carbonyl (C=O) groups excluding carboxylic acids is 2. The number of carbonyl (C=O) groups is 2. The first-order valence-corrected chi connectivity index (χ1v) is 10.3. The van der Waals surface area contributed by atoms with Crippen LogP contribution in [0.2, 0.25) is 0 Å². The molecule has 1 N–H and O–H groups in total. The summed E-state index contributed by atoms with van der Waals surface area (Å²) in [6.07, 6.45) is -0.506. The molecule has 33 heavy (non-hydrogen) atoms. The fourth-order valence-electron chi connectivity index (χ4n) is 3.12. The molecule has 10 nitrogen and oxygen atoms in total. The van der Waals surface area contributed by atoms with E-state index in [0.717, 1.165) is 16.6 Å². The first-order chi connectivity index (χ1) is 15.6. The Hall–Kier alpha value is -3.82. The van der Waals surface area contributed by atoms with Gasteiger partial charge >= 0.3 is 12.1 Å². The minimum absolute atomic E-state index is 0.0766. The lowest BCUT2D eigenvalue weighted by Gasteiger charge is -2.29. The van der Waals surface area contributed by atoms with Crippen molar-refractivity contribution in [2.75, 3.05) is 13.9 Å². The summed E-state index contributed by atoms with van der Waals surface area (Å²) in [4.78, 5) is 31.5. The summed E-state index contributed by atoms with van der Waals surface area (Å²) in [5.74, 6) is -0.0230. The van der Waals surface area contributed by atoms with E-state index in [2.05, 4.69) is 15.6 Å². The lowest BCUT2D eigenvalue weighted by Crippen LogP contribution is -2.55. The molecule has 0 unspecified atom stereocenters. The highest BCUT2D eigenvalue weighted by Gasteiger charge is 2.37. The average Bonchev–Trinajstić information content (AvgIpc) is 3.16. The Morgan fingerprint density at radius 1 is 1.03 bits per heavy atom. The second-order valence-electron chi connectivity index (χ2n) is 8.61. The Kier molecular flexibility index (Phi) is 7.05. The van der Waals surface area contributed by atoms with Crippen LogP contribution in [0.1, 0.15) is 33.3 Å². The highest BCUT2D eigenvalue weighted by molar-refractivity contribution is 5.85. The summed E-state index contributed by atoms with van der Waals surface area (Å²) in [6.45, 7) is 6.75. The van der Waals surface area contributed by atoms with Crippen molar-refractivity contribution in [3.05, 3.63) is 54.1 Å². The molecule has 3 rings (SSSR count). The van der Waals surface area contributed by atoms with Gasteiger partial charge in [-0.3, -0.25) is 0 Å². The second kappa shape index (κ2) is 9.76. The van der Waals surface area contributed by atoms with Crippen LogP contribution >= 0.6 is 0 Å². The van der Waals surface area contributed by atoms with Gasteiger partial charge in [-0.1, -0.05) is 29.1 Å². The van der Waals surface area contributed by atoms with Gasteiger partial charge in [-0.15, -0.1) is 5.10 Å². The summed E-state index contributed by atoms with van der Waals surface area (Å²) in [7, 11) is 1.27. The normalized spacial score (nSPS) is 13.1. The Morgan fingerprint density at radius 3 is 2.39 bits per heavy atom. The third-order valence-corrected chi connectivity index (χ3v) is 4.62. The number of hydrogen-bond donors (Lipinski definition) is 1. The topological polar surface area (TPSA) is 114 Å². The summed E-state index contributed by atoms with van der Waals surface area (Å²) in [5, 5.41) is 10.6. The quantitative estimate of drug-likeness (QED) is 0.407. The van der Waals surface area contributed by atoms with E-state index in [9.17, 15) is 9.59 Å². The molecule has 0 saturated heterocycles. The maximum Gasteiger partial charge on any atom is 0.408 e. The molecule has 1 amide bonds. The minimum atomic E-state index is -1.31. The van der Waals surface area contributed by atoms with Crippen molar-refractivity contribution in [2.45, 2.75) is 45.3 Å². The molecule has 2 aromatic carbocycles. The van der Waals surface area contributed by atoms with Crippen LogP contribution in [-0.2, 0) is 20.7 Å². The summed E-state index contributed by atoms with van der Waals surface area (Å²) >= 11 is 0. The summed E-state index contributed by atoms with van der Waals surface area (Å²) in [6, 6.07) is 14.5. The van der Waals surface area contributed by atoms with Gasteiger partial charge in [-0.25, -0.2) is 9.59 Å². The maximum atomic E-state index is 12.4. The van der Waals surface area contributed by atoms with Gasteiger partial charge in [0.05, 0.1) is 7.11 Å². The van der Waals surface area contributed by atoms with E-state index in [4.69, 9.17) is 19.0 Å². The average molecular weight is 456 g/mol. The van der Waals surface area contributed by atoms with Gasteiger partial charge in [0.2, 0.25) is 0 Å². The number of benzene rings is 2. The van der Waals surface area contributed by atoms with Gasteiger partial charge in [0, 0.05) is 6.42 Å².